The van der Waals surface area contributed by atoms with Gasteiger partial charge in [-0.3, -0.25) is 0 Å². The zero-order valence-electron chi connectivity index (χ0n) is 11.6. The van der Waals surface area contributed by atoms with E-state index < -0.39 is 0 Å². The third-order valence-corrected chi connectivity index (χ3v) is 3.59. The minimum absolute atomic E-state index is 0.127. The van der Waals surface area contributed by atoms with Crippen LogP contribution in [0.25, 0.3) is 0 Å². The zero-order valence-corrected chi connectivity index (χ0v) is 11.6. The van der Waals surface area contributed by atoms with Crippen molar-refractivity contribution in [2.24, 2.45) is 0 Å². The number of hydrogen-bond donors (Lipinski definition) is 1. The van der Waals surface area contributed by atoms with Crippen LogP contribution >= 0.6 is 0 Å². The van der Waals surface area contributed by atoms with E-state index in [1.54, 1.807) is 12.5 Å². The van der Waals surface area contributed by atoms with Crippen LogP contribution in [-0.2, 0) is 5.41 Å². The SMILES string of the molecule is CCNC(c1ccoc1)C(C)(C)c1ccc(F)cc1. The lowest BCUT2D eigenvalue weighted by molar-refractivity contribution is 0.351. The van der Waals surface area contributed by atoms with Crippen LogP contribution in [0.4, 0.5) is 4.39 Å². The van der Waals surface area contributed by atoms with Gasteiger partial charge in [0, 0.05) is 17.0 Å². The van der Waals surface area contributed by atoms with Crippen molar-refractivity contribution in [1.29, 1.82) is 0 Å². The van der Waals surface area contributed by atoms with Crippen LogP contribution in [0.1, 0.15) is 37.9 Å². The number of benzene rings is 1. The Hall–Kier alpha value is -1.61. The summed E-state index contributed by atoms with van der Waals surface area (Å²) in [5.41, 5.74) is 2.05. The van der Waals surface area contributed by atoms with Gasteiger partial charge in [-0.15, -0.1) is 0 Å². The van der Waals surface area contributed by atoms with Crippen LogP contribution in [0, 0.1) is 5.82 Å². The largest absolute Gasteiger partial charge is 0.472 e. The molecular formula is C16H20FNO. The Morgan fingerprint density at radius 3 is 2.42 bits per heavy atom. The first kappa shape index (κ1) is 13.8. The molecule has 1 heterocycles. The highest BCUT2D eigenvalue weighted by Gasteiger charge is 2.32. The van der Waals surface area contributed by atoms with E-state index in [0.29, 0.717) is 0 Å². The fourth-order valence-electron chi connectivity index (χ4n) is 2.48. The van der Waals surface area contributed by atoms with Crippen molar-refractivity contribution < 1.29 is 8.81 Å². The summed E-state index contributed by atoms with van der Waals surface area (Å²) < 4.78 is 18.3. The molecule has 19 heavy (non-hydrogen) atoms. The second-order valence-electron chi connectivity index (χ2n) is 5.28. The van der Waals surface area contributed by atoms with Crippen LogP contribution in [0.5, 0.6) is 0 Å². The molecule has 0 aliphatic rings. The summed E-state index contributed by atoms with van der Waals surface area (Å²) in [5.74, 6) is -0.206. The molecule has 1 unspecified atom stereocenters. The number of halogens is 1. The van der Waals surface area contributed by atoms with Crippen molar-refractivity contribution in [2.45, 2.75) is 32.2 Å². The molecule has 2 rings (SSSR count). The summed E-state index contributed by atoms with van der Waals surface area (Å²) in [4.78, 5) is 0. The zero-order chi connectivity index (χ0) is 13.9. The highest BCUT2D eigenvalue weighted by Crippen LogP contribution is 2.37. The summed E-state index contributed by atoms with van der Waals surface area (Å²) in [7, 11) is 0. The molecule has 3 heteroatoms. The smallest absolute Gasteiger partial charge is 0.123 e. The van der Waals surface area contributed by atoms with E-state index in [1.165, 1.54) is 12.1 Å². The molecule has 2 nitrogen and oxygen atoms in total. The first-order valence-electron chi connectivity index (χ1n) is 6.57. The lowest BCUT2D eigenvalue weighted by Crippen LogP contribution is -2.37. The predicted molar refractivity (Wildman–Crippen MR) is 74.6 cm³/mol. The Balaban J connectivity index is 2.36. The predicted octanol–water partition coefficient (Wildman–Crippen LogP) is 4.05. The molecule has 0 fully saturated rings. The second kappa shape index (κ2) is 5.57. The van der Waals surface area contributed by atoms with Gasteiger partial charge in [0.2, 0.25) is 0 Å². The maximum atomic E-state index is 13.1. The molecule has 0 saturated carbocycles. The van der Waals surface area contributed by atoms with E-state index in [1.807, 2.05) is 18.2 Å². The fourth-order valence-corrected chi connectivity index (χ4v) is 2.48. The monoisotopic (exact) mass is 261 g/mol. The molecule has 102 valence electrons. The van der Waals surface area contributed by atoms with E-state index in [0.717, 1.165) is 17.7 Å². The van der Waals surface area contributed by atoms with Gasteiger partial charge in [0.15, 0.2) is 0 Å². The summed E-state index contributed by atoms with van der Waals surface area (Å²) in [5, 5.41) is 3.48. The summed E-state index contributed by atoms with van der Waals surface area (Å²) >= 11 is 0. The Labute approximate surface area is 113 Å². The molecular weight excluding hydrogens is 241 g/mol. The van der Waals surface area contributed by atoms with Gasteiger partial charge >= 0.3 is 0 Å². The lowest BCUT2D eigenvalue weighted by atomic mass is 9.75. The molecule has 1 atom stereocenters. The Bertz CT molecular complexity index is 502. The molecule has 0 aliphatic heterocycles. The molecule has 0 spiro atoms. The number of likely N-dealkylation sites (N-methyl/N-ethyl adjacent to an activating group) is 1. The number of hydrogen-bond acceptors (Lipinski definition) is 2. The number of nitrogens with one attached hydrogen (secondary N) is 1. The van der Waals surface area contributed by atoms with Gasteiger partial charge in [-0.25, -0.2) is 4.39 Å². The van der Waals surface area contributed by atoms with Crippen LogP contribution in [0.3, 0.4) is 0 Å². The van der Waals surface area contributed by atoms with Crippen molar-refractivity contribution in [3.05, 3.63) is 59.8 Å². The maximum Gasteiger partial charge on any atom is 0.123 e. The minimum Gasteiger partial charge on any atom is -0.472 e. The van der Waals surface area contributed by atoms with Crippen molar-refractivity contribution in [2.75, 3.05) is 6.54 Å². The average Bonchev–Trinajstić information content (AvgIpc) is 2.89. The van der Waals surface area contributed by atoms with Crippen LogP contribution in [-0.4, -0.2) is 6.54 Å². The third-order valence-electron chi connectivity index (χ3n) is 3.59. The minimum atomic E-state index is -0.206. The first-order valence-corrected chi connectivity index (χ1v) is 6.57. The normalized spacial score (nSPS) is 13.5. The molecule has 0 bridgehead atoms. The molecule has 0 saturated heterocycles. The van der Waals surface area contributed by atoms with Crippen molar-refractivity contribution in [3.63, 3.8) is 0 Å². The number of furan rings is 1. The van der Waals surface area contributed by atoms with Crippen molar-refractivity contribution in [1.82, 2.24) is 5.32 Å². The molecule has 0 aliphatic carbocycles. The highest BCUT2D eigenvalue weighted by atomic mass is 19.1. The Morgan fingerprint density at radius 2 is 1.89 bits per heavy atom. The van der Waals surface area contributed by atoms with E-state index in [9.17, 15) is 4.39 Å². The molecule has 1 aromatic carbocycles. The van der Waals surface area contributed by atoms with Gasteiger partial charge in [0.25, 0.3) is 0 Å². The summed E-state index contributed by atoms with van der Waals surface area (Å²) in [6, 6.07) is 8.81. The molecule has 2 aromatic rings. The summed E-state index contributed by atoms with van der Waals surface area (Å²) in [6.45, 7) is 7.25. The van der Waals surface area contributed by atoms with Gasteiger partial charge in [0.1, 0.15) is 5.82 Å². The van der Waals surface area contributed by atoms with Crippen LogP contribution < -0.4 is 5.32 Å². The van der Waals surface area contributed by atoms with E-state index >= 15 is 0 Å². The van der Waals surface area contributed by atoms with Gasteiger partial charge in [-0.05, 0) is 30.3 Å². The van der Waals surface area contributed by atoms with Crippen LogP contribution in [0.2, 0.25) is 0 Å². The quantitative estimate of drug-likeness (QED) is 0.878. The molecule has 0 amide bonds. The van der Waals surface area contributed by atoms with E-state index in [2.05, 4.69) is 26.1 Å². The van der Waals surface area contributed by atoms with Gasteiger partial charge in [-0.1, -0.05) is 32.9 Å². The topological polar surface area (TPSA) is 25.2 Å². The standard InChI is InChI=1S/C16H20FNO/c1-4-18-15(12-9-10-19-11-12)16(2,3)13-5-7-14(17)8-6-13/h5-11,15,18H,4H2,1-3H3. The fraction of sp³-hybridized carbons (Fsp3) is 0.375. The van der Waals surface area contributed by atoms with E-state index in [-0.39, 0.29) is 17.3 Å². The van der Waals surface area contributed by atoms with Crippen molar-refractivity contribution in [3.8, 4) is 0 Å². The maximum absolute atomic E-state index is 13.1. The highest BCUT2D eigenvalue weighted by molar-refractivity contribution is 5.30. The lowest BCUT2D eigenvalue weighted by Gasteiger charge is -2.35. The van der Waals surface area contributed by atoms with Gasteiger partial charge in [-0.2, -0.15) is 0 Å². The van der Waals surface area contributed by atoms with E-state index in [4.69, 9.17) is 4.42 Å². The Kier molecular flexibility index (Phi) is 4.05. The summed E-state index contributed by atoms with van der Waals surface area (Å²) in [6.07, 6.45) is 3.44. The Morgan fingerprint density at radius 1 is 1.21 bits per heavy atom. The molecule has 0 radical (unpaired) electrons. The van der Waals surface area contributed by atoms with Gasteiger partial charge in [0.05, 0.1) is 12.5 Å². The third kappa shape index (κ3) is 2.87. The average molecular weight is 261 g/mol. The van der Waals surface area contributed by atoms with Crippen molar-refractivity contribution >= 4 is 0 Å². The number of rotatable bonds is 5. The second-order valence-corrected chi connectivity index (χ2v) is 5.28. The molecule has 1 aromatic heterocycles. The molecule has 1 N–H and O–H groups in total. The van der Waals surface area contributed by atoms with Crippen LogP contribution in [0.15, 0.2) is 47.3 Å². The van der Waals surface area contributed by atoms with Gasteiger partial charge < -0.3 is 9.73 Å². The first-order chi connectivity index (χ1) is 9.05.